The molecule has 0 heterocycles. The van der Waals surface area contributed by atoms with Crippen LogP contribution < -0.4 is 5.32 Å². The molecule has 0 spiro atoms. The molecule has 19 heavy (non-hydrogen) atoms. The minimum Gasteiger partial charge on any atom is -0.313 e. The summed E-state index contributed by atoms with van der Waals surface area (Å²) in [4.78, 5) is 0. The van der Waals surface area contributed by atoms with E-state index in [1.54, 1.807) is 12.1 Å². The lowest BCUT2D eigenvalue weighted by molar-refractivity contribution is 0.295. The van der Waals surface area contributed by atoms with E-state index in [1.165, 1.54) is 31.2 Å². The second-order valence-electron chi connectivity index (χ2n) is 5.96. The molecule has 1 aromatic carbocycles. The van der Waals surface area contributed by atoms with Crippen molar-refractivity contribution in [2.75, 3.05) is 6.54 Å². The molecule has 1 saturated carbocycles. The van der Waals surface area contributed by atoms with Crippen LogP contribution in [0.1, 0.15) is 45.1 Å². The van der Waals surface area contributed by atoms with Crippen molar-refractivity contribution in [3.63, 3.8) is 0 Å². The van der Waals surface area contributed by atoms with Crippen LogP contribution in [-0.2, 0) is 6.42 Å². The first-order valence-electron chi connectivity index (χ1n) is 7.68. The molecule has 1 aliphatic carbocycles. The summed E-state index contributed by atoms with van der Waals surface area (Å²) in [5, 5.41) is 3.71. The standard InChI is InChI=1S/C17H26FN/c1-3-11-19-17(16-6-4-5-13(16)2)12-14-7-9-15(18)10-8-14/h7-10,13,16-17,19H,3-6,11-12H2,1-2H3. The van der Waals surface area contributed by atoms with E-state index in [0.29, 0.717) is 6.04 Å². The van der Waals surface area contributed by atoms with Gasteiger partial charge in [0, 0.05) is 6.04 Å². The lowest BCUT2D eigenvalue weighted by Crippen LogP contribution is -2.39. The Balaban J connectivity index is 2.02. The maximum Gasteiger partial charge on any atom is 0.123 e. The monoisotopic (exact) mass is 263 g/mol. The van der Waals surface area contributed by atoms with E-state index in [1.807, 2.05) is 12.1 Å². The maximum absolute atomic E-state index is 13.0. The fourth-order valence-electron chi connectivity index (χ4n) is 3.35. The van der Waals surface area contributed by atoms with Gasteiger partial charge in [-0.05, 0) is 55.3 Å². The Hall–Kier alpha value is -0.890. The fraction of sp³-hybridized carbons (Fsp3) is 0.647. The highest BCUT2D eigenvalue weighted by molar-refractivity contribution is 5.17. The fourth-order valence-corrected chi connectivity index (χ4v) is 3.35. The molecule has 1 nitrogen and oxygen atoms in total. The van der Waals surface area contributed by atoms with Crippen LogP contribution in [0.25, 0.3) is 0 Å². The zero-order chi connectivity index (χ0) is 13.7. The smallest absolute Gasteiger partial charge is 0.123 e. The van der Waals surface area contributed by atoms with Crippen molar-refractivity contribution < 1.29 is 4.39 Å². The molecule has 0 aliphatic heterocycles. The summed E-state index contributed by atoms with van der Waals surface area (Å²) >= 11 is 0. The van der Waals surface area contributed by atoms with Crippen LogP contribution in [0.2, 0.25) is 0 Å². The molecule has 2 heteroatoms. The number of rotatable bonds is 6. The van der Waals surface area contributed by atoms with Gasteiger partial charge in [0.1, 0.15) is 5.82 Å². The van der Waals surface area contributed by atoms with Crippen molar-refractivity contribution in [2.45, 2.75) is 52.0 Å². The van der Waals surface area contributed by atoms with Gasteiger partial charge in [0.15, 0.2) is 0 Å². The van der Waals surface area contributed by atoms with Gasteiger partial charge in [-0.25, -0.2) is 4.39 Å². The van der Waals surface area contributed by atoms with Gasteiger partial charge in [0.25, 0.3) is 0 Å². The van der Waals surface area contributed by atoms with E-state index in [-0.39, 0.29) is 5.82 Å². The summed E-state index contributed by atoms with van der Waals surface area (Å²) < 4.78 is 13.0. The normalized spacial score (nSPS) is 24.6. The first-order valence-corrected chi connectivity index (χ1v) is 7.68. The van der Waals surface area contributed by atoms with Gasteiger partial charge < -0.3 is 5.32 Å². The number of halogens is 1. The van der Waals surface area contributed by atoms with E-state index in [4.69, 9.17) is 0 Å². The van der Waals surface area contributed by atoms with Gasteiger partial charge in [-0.15, -0.1) is 0 Å². The summed E-state index contributed by atoms with van der Waals surface area (Å²) in [6, 6.07) is 7.54. The van der Waals surface area contributed by atoms with Crippen LogP contribution in [0.3, 0.4) is 0 Å². The largest absolute Gasteiger partial charge is 0.313 e. The van der Waals surface area contributed by atoms with Gasteiger partial charge in [0.05, 0.1) is 0 Å². The van der Waals surface area contributed by atoms with Gasteiger partial charge in [-0.3, -0.25) is 0 Å². The average Bonchev–Trinajstić information content (AvgIpc) is 2.83. The average molecular weight is 263 g/mol. The molecule has 1 N–H and O–H groups in total. The third kappa shape index (κ3) is 4.04. The summed E-state index contributed by atoms with van der Waals surface area (Å²) in [6.45, 7) is 5.66. The molecule has 0 saturated heterocycles. The van der Waals surface area contributed by atoms with Crippen molar-refractivity contribution in [2.24, 2.45) is 11.8 Å². The molecule has 0 aromatic heterocycles. The van der Waals surface area contributed by atoms with Crippen molar-refractivity contribution in [1.82, 2.24) is 5.32 Å². The lowest BCUT2D eigenvalue weighted by Gasteiger charge is -2.28. The SMILES string of the molecule is CCCNC(Cc1ccc(F)cc1)C1CCCC1C. The van der Waals surface area contributed by atoms with Crippen molar-refractivity contribution in [1.29, 1.82) is 0 Å². The first kappa shape index (κ1) is 14.5. The number of hydrogen-bond donors (Lipinski definition) is 1. The summed E-state index contributed by atoms with van der Waals surface area (Å²) in [5.74, 6) is 1.45. The summed E-state index contributed by atoms with van der Waals surface area (Å²) in [5.41, 5.74) is 1.24. The molecule has 0 amide bonds. The van der Waals surface area contributed by atoms with Crippen LogP contribution in [-0.4, -0.2) is 12.6 Å². The van der Waals surface area contributed by atoms with Crippen LogP contribution in [0.4, 0.5) is 4.39 Å². The molecule has 106 valence electrons. The van der Waals surface area contributed by atoms with Crippen LogP contribution in [0.5, 0.6) is 0 Å². The Morgan fingerprint density at radius 3 is 2.58 bits per heavy atom. The van der Waals surface area contributed by atoms with E-state index in [9.17, 15) is 4.39 Å². The maximum atomic E-state index is 13.0. The third-order valence-electron chi connectivity index (χ3n) is 4.47. The molecule has 1 aromatic rings. The second-order valence-corrected chi connectivity index (χ2v) is 5.96. The Labute approximate surface area is 116 Å². The molecule has 1 fully saturated rings. The predicted octanol–water partition coefficient (Wildman–Crippen LogP) is 4.17. The first-order chi connectivity index (χ1) is 9.20. The lowest BCUT2D eigenvalue weighted by atomic mass is 9.86. The highest BCUT2D eigenvalue weighted by Gasteiger charge is 2.30. The molecular weight excluding hydrogens is 237 g/mol. The van der Waals surface area contributed by atoms with E-state index in [2.05, 4.69) is 19.2 Å². The Bertz CT molecular complexity index is 373. The molecule has 2 rings (SSSR count). The zero-order valence-corrected chi connectivity index (χ0v) is 12.2. The highest BCUT2D eigenvalue weighted by Crippen LogP contribution is 2.34. The Morgan fingerprint density at radius 1 is 1.26 bits per heavy atom. The van der Waals surface area contributed by atoms with E-state index >= 15 is 0 Å². The quantitative estimate of drug-likeness (QED) is 0.812. The topological polar surface area (TPSA) is 12.0 Å². The van der Waals surface area contributed by atoms with Crippen LogP contribution >= 0.6 is 0 Å². The minimum absolute atomic E-state index is 0.143. The van der Waals surface area contributed by atoms with Gasteiger partial charge in [-0.1, -0.05) is 38.8 Å². The van der Waals surface area contributed by atoms with Crippen LogP contribution in [0.15, 0.2) is 24.3 Å². The summed E-state index contributed by atoms with van der Waals surface area (Å²) in [6.07, 6.45) is 6.25. The Morgan fingerprint density at radius 2 is 2.00 bits per heavy atom. The van der Waals surface area contributed by atoms with E-state index < -0.39 is 0 Å². The van der Waals surface area contributed by atoms with Crippen molar-refractivity contribution in [3.8, 4) is 0 Å². The van der Waals surface area contributed by atoms with Gasteiger partial charge >= 0.3 is 0 Å². The number of hydrogen-bond acceptors (Lipinski definition) is 1. The molecule has 1 aliphatic rings. The molecule has 3 atom stereocenters. The van der Waals surface area contributed by atoms with Crippen LogP contribution in [0, 0.1) is 17.7 Å². The third-order valence-corrected chi connectivity index (χ3v) is 4.47. The molecular formula is C17H26FN. The number of benzene rings is 1. The predicted molar refractivity (Wildman–Crippen MR) is 78.7 cm³/mol. The second kappa shape index (κ2) is 7.04. The Kier molecular flexibility index (Phi) is 5.38. The highest BCUT2D eigenvalue weighted by atomic mass is 19.1. The van der Waals surface area contributed by atoms with Crippen molar-refractivity contribution >= 4 is 0 Å². The minimum atomic E-state index is -0.143. The van der Waals surface area contributed by atoms with Gasteiger partial charge in [-0.2, -0.15) is 0 Å². The molecule has 0 radical (unpaired) electrons. The number of nitrogens with one attached hydrogen (secondary N) is 1. The van der Waals surface area contributed by atoms with Gasteiger partial charge in [0.2, 0.25) is 0 Å². The summed E-state index contributed by atoms with van der Waals surface area (Å²) in [7, 11) is 0. The van der Waals surface area contributed by atoms with E-state index in [0.717, 1.165) is 24.8 Å². The molecule has 3 unspecified atom stereocenters. The zero-order valence-electron chi connectivity index (χ0n) is 12.2. The molecule has 0 bridgehead atoms. The van der Waals surface area contributed by atoms with Crippen molar-refractivity contribution in [3.05, 3.63) is 35.6 Å².